The summed E-state index contributed by atoms with van der Waals surface area (Å²) in [6.07, 6.45) is -4.31. The minimum Gasteiger partial charge on any atom is -0.395 e. The van der Waals surface area contributed by atoms with Crippen molar-refractivity contribution in [3.63, 3.8) is 0 Å². The molecule has 0 saturated heterocycles. The number of anilines is 1. The molecular weight excluding hydrogens is 281 g/mol. The third kappa shape index (κ3) is 6.82. The molecule has 0 radical (unpaired) electrons. The van der Waals surface area contributed by atoms with Gasteiger partial charge in [-0.05, 0) is 32.4 Å². The van der Waals surface area contributed by atoms with Gasteiger partial charge in [-0.3, -0.25) is 0 Å². The Kier molecular flexibility index (Phi) is 6.04. The standard InChI is InChI=1S/C15H23F3N2O/c1-14(2,3)19-10-12-6-4-5-7-13(12)20(8-9-21)11-15(16,17)18/h4-7,19,21H,8-11H2,1-3H3. The molecule has 0 aliphatic heterocycles. The zero-order valence-electron chi connectivity index (χ0n) is 12.7. The summed E-state index contributed by atoms with van der Waals surface area (Å²) in [5.41, 5.74) is 1.16. The van der Waals surface area contributed by atoms with E-state index in [9.17, 15) is 13.2 Å². The van der Waals surface area contributed by atoms with Gasteiger partial charge in [0.25, 0.3) is 0 Å². The lowest BCUT2D eigenvalue weighted by Crippen LogP contribution is -2.38. The van der Waals surface area contributed by atoms with E-state index in [1.807, 2.05) is 20.8 Å². The maximum atomic E-state index is 12.7. The number of rotatable bonds is 6. The molecule has 0 aliphatic carbocycles. The first-order chi connectivity index (χ1) is 9.62. The van der Waals surface area contributed by atoms with Crippen molar-refractivity contribution in [1.82, 2.24) is 5.32 Å². The van der Waals surface area contributed by atoms with Crippen LogP contribution in [-0.2, 0) is 6.54 Å². The van der Waals surface area contributed by atoms with E-state index in [2.05, 4.69) is 5.32 Å². The molecule has 0 atom stereocenters. The highest BCUT2D eigenvalue weighted by Crippen LogP contribution is 2.25. The van der Waals surface area contributed by atoms with Crippen LogP contribution in [0.1, 0.15) is 26.3 Å². The SMILES string of the molecule is CC(C)(C)NCc1ccccc1N(CCO)CC(F)(F)F. The topological polar surface area (TPSA) is 35.5 Å². The van der Waals surface area contributed by atoms with Crippen molar-refractivity contribution >= 4 is 5.69 Å². The molecule has 0 amide bonds. The van der Waals surface area contributed by atoms with Gasteiger partial charge in [-0.2, -0.15) is 13.2 Å². The van der Waals surface area contributed by atoms with Gasteiger partial charge in [0.1, 0.15) is 6.54 Å². The van der Waals surface area contributed by atoms with E-state index in [1.54, 1.807) is 24.3 Å². The number of benzene rings is 1. The molecule has 2 N–H and O–H groups in total. The van der Waals surface area contributed by atoms with Crippen LogP contribution in [0.3, 0.4) is 0 Å². The quantitative estimate of drug-likeness (QED) is 0.848. The van der Waals surface area contributed by atoms with Gasteiger partial charge in [0.2, 0.25) is 0 Å². The second-order valence-corrected chi connectivity index (χ2v) is 5.99. The van der Waals surface area contributed by atoms with Crippen LogP contribution in [0.2, 0.25) is 0 Å². The van der Waals surface area contributed by atoms with Crippen molar-refractivity contribution < 1.29 is 18.3 Å². The Bertz CT molecular complexity index is 441. The molecule has 6 heteroatoms. The molecule has 21 heavy (non-hydrogen) atoms. The van der Waals surface area contributed by atoms with E-state index in [1.165, 1.54) is 4.90 Å². The van der Waals surface area contributed by atoms with Gasteiger partial charge in [0, 0.05) is 24.3 Å². The smallest absolute Gasteiger partial charge is 0.395 e. The maximum Gasteiger partial charge on any atom is 0.405 e. The van der Waals surface area contributed by atoms with E-state index in [0.29, 0.717) is 12.2 Å². The molecule has 0 fully saturated rings. The largest absolute Gasteiger partial charge is 0.405 e. The van der Waals surface area contributed by atoms with Crippen LogP contribution in [-0.4, -0.2) is 36.5 Å². The monoisotopic (exact) mass is 304 g/mol. The van der Waals surface area contributed by atoms with E-state index < -0.39 is 12.7 Å². The summed E-state index contributed by atoms with van der Waals surface area (Å²) in [7, 11) is 0. The van der Waals surface area contributed by atoms with Crippen molar-refractivity contribution in [3.8, 4) is 0 Å². The summed E-state index contributed by atoms with van der Waals surface area (Å²) in [5.74, 6) is 0. The van der Waals surface area contributed by atoms with Gasteiger partial charge < -0.3 is 15.3 Å². The van der Waals surface area contributed by atoms with Gasteiger partial charge in [0.15, 0.2) is 0 Å². The lowest BCUT2D eigenvalue weighted by Gasteiger charge is -2.29. The second kappa shape index (κ2) is 7.13. The predicted octanol–water partition coefficient (Wildman–Crippen LogP) is 2.94. The van der Waals surface area contributed by atoms with E-state index in [0.717, 1.165) is 5.56 Å². The van der Waals surface area contributed by atoms with Gasteiger partial charge >= 0.3 is 6.18 Å². The Hall–Kier alpha value is -1.27. The molecule has 0 unspecified atom stereocenters. The molecule has 1 rings (SSSR count). The minimum absolute atomic E-state index is 0.0496. The van der Waals surface area contributed by atoms with Gasteiger partial charge in [0.05, 0.1) is 6.61 Å². The zero-order chi connectivity index (χ0) is 16.1. The maximum absolute atomic E-state index is 12.7. The fourth-order valence-corrected chi connectivity index (χ4v) is 1.95. The Morgan fingerprint density at radius 2 is 1.76 bits per heavy atom. The first kappa shape index (κ1) is 17.8. The first-order valence-corrected chi connectivity index (χ1v) is 6.88. The third-order valence-electron chi connectivity index (χ3n) is 2.88. The molecule has 0 aliphatic rings. The summed E-state index contributed by atoms with van der Waals surface area (Å²) in [6.45, 7) is 5.02. The first-order valence-electron chi connectivity index (χ1n) is 6.88. The number of hydrogen-bond donors (Lipinski definition) is 2. The predicted molar refractivity (Wildman–Crippen MR) is 78.4 cm³/mol. The van der Waals surface area contributed by atoms with Crippen LogP contribution in [0.4, 0.5) is 18.9 Å². The van der Waals surface area contributed by atoms with E-state index in [4.69, 9.17) is 5.11 Å². The summed E-state index contributed by atoms with van der Waals surface area (Å²) in [5, 5.41) is 12.3. The van der Waals surface area contributed by atoms with Crippen LogP contribution in [0.5, 0.6) is 0 Å². The molecule has 120 valence electrons. The number of aliphatic hydroxyl groups excluding tert-OH is 1. The van der Waals surface area contributed by atoms with Crippen molar-refractivity contribution in [2.45, 2.75) is 39.0 Å². The number of aliphatic hydroxyl groups is 1. The van der Waals surface area contributed by atoms with Gasteiger partial charge in [-0.25, -0.2) is 0 Å². The molecule has 0 bridgehead atoms. The molecule has 0 heterocycles. The number of nitrogens with one attached hydrogen (secondary N) is 1. The zero-order valence-corrected chi connectivity index (χ0v) is 12.7. The number of hydrogen-bond acceptors (Lipinski definition) is 3. The molecule has 0 aromatic heterocycles. The molecule has 1 aromatic carbocycles. The third-order valence-corrected chi connectivity index (χ3v) is 2.88. The Balaban J connectivity index is 2.96. The highest BCUT2D eigenvalue weighted by atomic mass is 19.4. The molecule has 0 saturated carbocycles. The Morgan fingerprint density at radius 3 is 2.29 bits per heavy atom. The van der Waals surface area contributed by atoms with Crippen LogP contribution < -0.4 is 10.2 Å². The molecule has 1 aromatic rings. The summed E-state index contributed by atoms with van der Waals surface area (Å²) >= 11 is 0. The molecular formula is C15H23F3N2O. The van der Waals surface area contributed by atoms with Crippen LogP contribution in [0.25, 0.3) is 0 Å². The molecule has 3 nitrogen and oxygen atoms in total. The number of alkyl halides is 3. The van der Waals surface area contributed by atoms with E-state index >= 15 is 0 Å². The van der Waals surface area contributed by atoms with Crippen molar-refractivity contribution in [1.29, 1.82) is 0 Å². The van der Waals surface area contributed by atoms with Crippen molar-refractivity contribution in [2.75, 3.05) is 24.6 Å². The van der Waals surface area contributed by atoms with Gasteiger partial charge in [-0.1, -0.05) is 18.2 Å². The van der Waals surface area contributed by atoms with Crippen molar-refractivity contribution in [2.24, 2.45) is 0 Å². The Morgan fingerprint density at radius 1 is 1.14 bits per heavy atom. The fourth-order valence-electron chi connectivity index (χ4n) is 1.95. The fraction of sp³-hybridized carbons (Fsp3) is 0.600. The Labute approximate surface area is 123 Å². The van der Waals surface area contributed by atoms with Crippen LogP contribution >= 0.6 is 0 Å². The lowest BCUT2D eigenvalue weighted by molar-refractivity contribution is -0.119. The minimum atomic E-state index is -4.31. The summed E-state index contributed by atoms with van der Waals surface area (Å²) < 4.78 is 38.0. The summed E-state index contributed by atoms with van der Waals surface area (Å²) in [4.78, 5) is 1.17. The lowest BCUT2D eigenvalue weighted by atomic mass is 10.1. The molecule has 0 spiro atoms. The highest BCUT2D eigenvalue weighted by Gasteiger charge is 2.31. The average Bonchev–Trinajstić information content (AvgIpc) is 2.34. The number of halogens is 3. The average molecular weight is 304 g/mol. The van der Waals surface area contributed by atoms with Gasteiger partial charge in [-0.15, -0.1) is 0 Å². The second-order valence-electron chi connectivity index (χ2n) is 5.99. The van der Waals surface area contributed by atoms with Crippen molar-refractivity contribution in [3.05, 3.63) is 29.8 Å². The summed E-state index contributed by atoms with van der Waals surface area (Å²) in [6, 6.07) is 6.96. The number of para-hydroxylation sites is 1. The number of nitrogens with zero attached hydrogens (tertiary/aromatic N) is 1. The van der Waals surface area contributed by atoms with Crippen LogP contribution in [0, 0.1) is 0 Å². The van der Waals surface area contributed by atoms with E-state index in [-0.39, 0.29) is 18.7 Å². The highest BCUT2D eigenvalue weighted by molar-refractivity contribution is 5.54. The van der Waals surface area contributed by atoms with Crippen LogP contribution in [0.15, 0.2) is 24.3 Å². The normalized spacial score (nSPS) is 12.5.